The Balaban J connectivity index is 2.20. The zero-order chi connectivity index (χ0) is 11.4. The van der Waals surface area contributed by atoms with Crippen molar-refractivity contribution in [2.75, 3.05) is 13.3 Å². The molecule has 0 bridgehead atoms. The van der Waals surface area contributed by atoms with E-state index in [0.717, 1.165) is 0 Å². The van der Waals surface area contributed by atoms with Gasteiger partial charge in [0.15, 0.2) is 0 Å². The van der Waals surface area contributed by atoms with E-state index in [2.05, 4.69) is 67.9 Å². The number of benzene rings is 2. The van der Waals surface area contributed by atoms with Crippen LogP contribution >= 0.6 is 7.92 Å². The highest BCUT2D eigenvalue weighted by Crippen LogP contribution is 2.31. The lowest BCUT2D eigenvalue weighted by Gasteiger charge is -2.07. The van der Waals surface area contributed by atoms with Crippen LogP contribution in [0.4, 0.5) is 0 Å². The third-order valence-corrected chi connectivity index (χ3v) is 3.56. The summed E-state index contributed by atoms with van der Waals surface area (Å²) in [5.74, 6) is 0. The Morgan fingerprint density at radius 1 is 0.750 bits per heavy atom. The second-order valence-electron chi connectivity index (χ2n) is 4.30. The van der Waals surface area contributed by atoms with Gasteiger partial charge >= 0.3 is 0 Å². The molecule has 0 N–H and O–H groups in total. The Hall–Kier alpha value is -1.13. The summed E-state index contributed by atoms with van der Waals surface area (Å²) in [6, 6.07) is 19.5. The molecule has 0 saturated carbocycles. The molecule has 0 spiro atoms. The van der Waals surface area contributed by atoms with Crippen molar-refractivity contribution in [2.45, 2.75) is 6.16 Å². The maximum atomic E-state index is 2.32. The lowest BCUT2D eigenvalue weighted by atomic mass is 10.0. The standard InChI is InChI=1S/C15H17P/c1-16(2)12-13-8-10-15(11-9-13)14-6-4-3-5-7-14/h3-11H,12H2,1-2H3. The lowest BCUT2D eigenvalue weighted by Crippen LogP contribution is -1.83. The predicted octanol–water partition coefficient (Wildman–Crippen LogP) is 4.60. The van der Waals surface area contributed by atoms with Crippen LogP contribution in [0.3, 0.4) is 0 Å². The molecule has 2 rings (SSSR count). The van der Waals surface area contributed by atoms with E-state index in [1.807, 2.05) is 0 Å². The van der Waals surface area contributed by atoms with Gasteiger partial charge in [0.1, 0.15) is 0 Å². The first-order valence-corrected chi connectivity index (χ1v) is 7.97. The van der Waals surface area contributed by atoms with Crippen LogP contribution in [0, 0.1) is 0 Å². The molecule has 0 saturated heterocycles. The van der Waals surface area contributed by atoms with Crippen LogP contribution < -0.4 is 0 Å². The first-order chi connectivity index (χ1) is 7.75. The minimum atomic E-state index is 0.159. The van der Waals surface area contributed by atoms with E-state index in [1.54, 1.807) is 0 Å². The van der Waals surface area contributed by atoms with Crippen LogP contribution in [0.2, 0.25) is 0 Å². The fourth-order valence-electron chi connectivity index (χ4n) is 1.80. The van der Waals surface area contributed by atoms with Gasteiger partial charge in [-0.15, -0.1) is 7.92 Å². The van der Waals surface area contributed by atoms with E-state index >= 15 is 0 Å². The summed E-state index contributed by atoms with van der Waals surface area (Å²) < 4.78 is 0. The minimum Gasteiger partial charge on any atom is -0.109 e. The highest BCUT2D eigenvalue weighted by Gasteiger charge is 1.99. The van der Waals surface area contributed by atoms with Gasteiger partial charge in [-0.2, -0.15) is 0 Å². The SMILES string of the molecule is CP(C)Cc1ccc(-c2ccccc2)cc1. The van der Waals surface area contributed by atoms with E-state index in [4.69, 9.17) is 0 Å². The second-order valence-corrected chi connectivity index (χ2v) is 6.78. The highest BCUT2D eigenvalue weighted by atomic mass is 31.1. The van der Waals surface area contributed by atoms with Crippen molar-refractivity contribution in [3.63, 3.8) is 0 Å². The molecule has 0 atom stereocenters. The lowest BCUT2D eigenvalue weighted by molar-refractivity contribution is 1.39. The van der Waals surface area contributed by atoms with Crippen molar-refractivity contribution in [2.24, 2.45) is 0 Å². The van der Waals surface area contributed by atoms with Crippen molar-refractivity contribution in [3.05, 3.63) is 60.2 Å². The molecule has 16 heavy (non-hydrogen) atoms. The van der Waals surface area contributed by atoms with Gasteiger partial charge in [-0.05, 0) is 36.2 Å². The van der Waals surface area contributed by atoms with E-state index in [-0.39, 0.29) is 7.92 Å². The highest BCUT2D eigenvalue weighted by molar-refractivity contribution is 7.55. The first-order valence-electron chi connectivity index (χ1n) is 5.55. The van der Waals surface area contributed by atoms with E-state index in [1.165, 1.54) is 22.9 Å². The first kappa shape index (κ1) is 11.4. The molecule has 2 aromatic rings. The molecule has 0 fully saturated rings. The maximum Gasteiger partial charge on any atom is -0.00780 e. The molecular weight excluding hydrogens is 211 g/mol. The number of hydrogen-bond acceptors (Lipinski definition) is 0. The summed E-state index contributed by atoms with van der Waals surface area (Å²) in [5.41, 5.74) is 4.06. The zero-order valence-electron chi connectivity index (χ0n) is 9.85. The Kier molecular flexibility index (Phi) is 3.74. The van der Waals surface area contributed by atoms with Crippen molar-refractivity contribution in [1.82, 2.24) is 0 Å². The molecule has 0 aliphatic rings. The smallest absolute Gasteiger partial charge is 0.00780 e. The van der Waals surface area contributed by atoms with Gasteiger partial charge in [-0.3, -0.25) is 0 Å². The monoisotopic (exact) mass is 228 g/mol. The van der Waals surface area contributed by atoms with Gasteiger partial charge in [0.05, 0.1) is 0 Å². The normalized spacial score (nSPS) is 10.7. The summed E-state index contributed by atoms with van der Waals surface area (Å²) >= 11 is 0. The molecule has 82 valence electrons. The summed E-state index contributed by atoms with van der Waals surface area (Å²) in [6.45, 7) is 4.64. The zero-order valence-corrected chi connectivity index (χ0v) is 10.7. The van der Waals surface area contributed by atoms with Gasteiger partial charge in [-0.25, -0.2) is 0 Å². The predicted molar refractivity (Wildman–Crippen MR) is 74.4 cm³/mol. The van der Waals surface area contributed by atoms with Gasteiger partial charge in [0.25, 0.3) is 0 Å². The summed E-state index contributed by atoms with van der Waals surface area (Å²) in [7, 11) is 0.159. The molecule has 1 heteroatoms. The molecule has 0 radical (unpaired) electrons. The van der Waals surface area contributed by atoms with Crippen molar-refractivity contribution in [1.29, 1.82) is 0 Å². The van der Waals surface area contributed by atoms with Crippen LogP contribution in [0.1, 0.15) is 5.56 Å². The van der Waals surface area contributed by atoms with Crippen LogP contribution in [-0.4, -0.2) is 13.3 Å². The fourth-order valence-corrected chi connectivity index (χ4v) is 2.74. The average molecular weight is 228 g/mol. The average Bonchev–Trinajstić information content (AvgIpc) is 2.30. The molecule has 0 nitrogen and oxygen atoms in total. The molecule has 2 aromatic carbocycles. The maximum absolute atomic E-state index is 2.32. The van der Waals surface area contributed by atoms with Crippen LogP contribution in [0.5, 0.6) is 0 Å². The van der Waals surface area contributed by atoms with Crippen molar-refractivity contribution >= 4 is 7.92 Å². The Bertz CT molecular complexity index is 429. The molecular formula is C15H17P. The van der Waals surface area contributed by atoms with Gasteiger partial charge in [-0.1, -0.05) is 54.6 Å². The Labute approximate surface area is 99.1 Å². The molecule has 0 aromatic heterocycles. The van der Waals surface area contributed by atoms with Crippen LogP contribution in [0.25, 0.3) is 11.1 Å². The summed E-state index contributed by atoms with van der Waals surface area (Å²) in [6.07, 6.45) is 1.23. The van der Waals surface area contributed by atoms with Crippen molar-refractivity contribution in [3.8, 4) is 11.1 Å². The van der Waals surface area contributed by atoms with E-state index < -0.39 is 0 Å². The molecule has 0 unspecified atom stereocenters. The van der Waals surface area contributed by atoms with Crippen molar-refractivity contribution < 1.29 is 0 Å². The van der Waals surface area contributed by atoms with Crippen LogP contribution in [0.15, 0.2) is 54.6 Å². The Morgan fingerprint density at radius 3 is 1.88 bits per heavy atom. The molecule has 0 aliphatic carbocycles. The van der Waals surface area contributed by atoms with E-state index in [0.29, 0.717) is 0 Å². The van der Waals surface area contributed by atoms with Gasteiger partial charge in [0.2, 0.25) is 0 Å². The fraction of sp³-hybridized carbons (Fsp3) is 0.200. The molecule has 0 heterocycles. The topological polar surface area (TPSA) is 0 Å². The third kappa shape index (κ3) is 2.93. The second kappa shape index (κ2) is 5.27. The Morgan fingerprint density at radius 2 is 1.31 bits per heavy atom. The third-order valence-electron chi connectivity index (χ3n) is 2.56. The summed E-state index contributed by atoms with van der Waals surface area (Å²) in [4.78, 5) is 0. The van der Waals surface area contributed by atoms with Gasteiger partial charge in [0, 0.05) is 0 Å². The largest absolute Gasteiger partial charge is 0.109 e. The summed E-state index contributed by atoms with van der Waals surface area (Å²) in [5, 5.41) is 0. The minimum absolute atomic E-state index is 0.159. The van der Waals surface area contributed by atoms with E-state index in [9.17, 15) is 0 Å². The van der Waals surface area contributed by atoms with Crippen LogP contribution in [-0.2, 0) is 6.16 Å². The molecule has 0 aliphatic heterocycles. The number of rotatable bonds is 3. The molecule has 0 amide bonds. The number of hydrogen-bond donors (Lipinski definition) is 0. The van der Waals surface area contributed by atoms with Gasteiger partial charge < -0.3 is 0 Å². The quantitative estimate of drug-likeness (QED) is 0.674.